The Hall–Kier alpha value is -1.89. The number of aryl methyl sites for hydroxylation is 1. The number of allylic oxidation sites excluding steroid dienone is 2. The van der Waals surface area contributed by atoms with Gasteiger partial charge in [0.15, 0.2) is 0 Å². The van der Waals surface area contributed by atoms with Crippen molar-refractivity contribution in [2.75, 3.05) is 0 Å². The zero-order chi connectivity index (χ0) is 13.2. The highest BCUT2D eigenvalue weighted by Crippen LogP contribution is 2.39. The molecule has 1 aliphatic rings. The number of rotatable bonds is 2. The van der Waals surface area contributed by atoms with Gasteiger partial charge in [0, 0.05) is 0 Å². The third-order valence-corrected chi connectivity index (χ3v) is 3.81. The van der Waals surface area contributed by atoms with Gasteiger partial charge in [-0.1, -0.05) is 42.0 Å². The summed E-state index contributed by atoms with van der Waals surface area (Å²) in [6, 6.07) is 15.6. The van der Waals surface area contributed by atoms with Crippen LogP contribution in [0.15, 0.2) is 48.5 Å². The quantitative estimate of drug-likeness (QED) is 0.686. The Labute approximate surface area is 113 Å². The van der Waals surface area contributed by atoms with Gasteiger partial charge < -0.3 is 0 Å². The van der Waals surface area contributed by atoms with Crippen LogP contribution in [0.4, 0.5) is 4.39 Å². The molecule has 0 N–H and O–H groups in total. The van der Waals surface area contributed by atoms with Gasteiger partial charge in [-0.25, -0.2) is 4.39 Å². The fourth-order valence-electron chi connectivity index (χ4n) is 2.79. The lowest BCUT2D eigenvalue weighted by atomic mass is 9.96. The summed E-state index contributed by atoms with van der Waals surface area (Å²) < 4.78 is 13.0. The standard InChI is InChI=1S/C18H17F/c1-13-5-7-14(8-6-13)17-3-2-4-18(17)15-9-11-16(19)12-10-15/h5-12H,2-4H2,1H3. The Bertz CT molecular complexity index is 548. The Morgan fingerprint density at radius 2 is 1.21 bits per heavy atom. The second kappa shape index (κ2) is 5.00. The normalized spacial score (nSPS) is 15.1. The maximum absolute atomic E-state index is 13.0. The summed E-state index contributed by atoms with van der Waals surface area (Å²) in [6.45, 7) is 2.10. The van der Waals surface area contributed by atoms with Crippen molar-refractivity contribution in [3.8, 4) is 0 Å². The summed E-state index contributed by atoms with van der Waals surface area (Å²) in [5.41, 5.74) is 6.55. The van der Waals surface area contributed by atoms with Gasteiger partial charge in [-0.05, 0) is 60.6 Å². The second-order valence-electron chi connectivity index (χ2n) is 5.18. The van der Waals surface area contributed by atoms with Gasteiger partial charge in [-0.15, -0.1) is 0 Å². The van der Waals surface area contributed by atoms with E-state index in [1.54, 1.807) is 12.1 Å². The van der Waals surface area contributed by atoms with Gasteiger partial charge in [0.1, 0.15) is 5.82 Å². The molecule has 19 heavy (non-hydrogen) atoms. The lowest BCUT2D eigenvalue weighted by Crippen LogP contribution is -1.87. The highest BCUT2D eigenvalue weighted by Gasteiger charge is 2.17. The first-order chi connectivity index (χ1) is 9.24. The van der Waals surface area contributed by atoms with Crippen LogP contribution in [0.3, 0.4) is 0 Å². The SMILES string of the molecule is Cc1ccc(C2=C(c3ccc(F)cc3)CCC2)cc1. The van der Waals surface area contributed by atoms with Gasteiger partial charge in [-0.2, -0.15) is 0 Å². The summed E-state index contributed by atoms with van der Waals surface area (Å²) >= 11 is 0. The summed E-state index contributed by atoms with van der Waals surface area (Å²) in [4.78, 5) is 0. The van der Waals surface area contributed by atoms with E-state index in [1.807, 2.05) is 12.1 Å². The zero-order valence-electron chi connectivity index (χ0n) is 11.1. The van der Waals surface area contributed by atoms with E-state index < -0.39 is 0 Å². The average molecular weight is 252 g/mol. The lowest BCUT2D eigenvalue weighted by Gasteiger charge is -2.09. The van der Waals surface area contributed by atoms with Crippen molar-refractivity contribution in [3.05, 3.63) is 71.0 Å². The molecule has 0 unspecified atom stereocenters. The van der Waals surface area contributed by atoms with Crippen LogP contribution >= 0.6 is 0 Å². The van der Waals surface area contributed by atoms with Gasteiger partial charge in [0.2, 0.25) is 0 Å². The molecule has 0 aliphatic heterocycles. The molecule has 0 aromatic heterocycles. The second-order valence-corrected chi connectivity index (χ2v) is 5.18. The molecule has 2 aromatic rings. The molecule has 1 aliphatic carbocycles. The molecule has 0 fully saturated rings. The molecular formula is C18H17F. The molecule has 0 radical (unpaired) electrons. The molecule has 0 spiro atoms. The van der Waals surface area contributed by atoms with Gasteiger partial charge in [-0.3, -0.25) is 0 Å². The molecule has 1 heteroatoms. The van der Waals surface area contributed by atoms with Crippen LogP contribution in [0.5, 0.6) is 0 Å². The Morgan fingerprint density at radius 1 is 0.737 bits per heavy atom. The molecule has 0 saturated heterocycles. The predicted molar refractivity (Wildman–Crippen MR) is 78.2 cm³/mol. The minimum atomic E-state index is -0.167. The van der Waals surface area contributed by atoms with E-state index in [9.17, 15) is 4.39 Å². The molecule has 96 valence electrons. The molecule has 0 heterocycles. The van der Waals surface area contributed by atoms with Crippen molar-refractivity contribution in [2.45, 2.75) is 26.2 Å². The molecule has 3 rings (SSSR count). The molecule has 0 nitrogen and oxygen atoms in total. The highest BCUT2D eigenvalue weighted by molar-refractivity contribution is 5.92. The van der Waals surface area contributed by atoms with Crippen molar-refractivity contribution in [1.82, 2.24) is 0 Å². The van der Waals surface area contributed by atoms with Crippen LogP contribution in [0, 0.1) is 12.7 Å². The minimum absolute atomic E-state index is 0.167. The molecule has 0 atom stereocenters. The van der Waals surface area contributed by atoms with Crippen molar-refractivity contribution < 1.29 is 4.39 Å². The van der Waals surface area contributed by atoms with E-state index in [4.69, 9.17) is 0 Å². The highest BCUT2D eigenvalue weighted by atomic mass is 19.1. The van der Waals surface area contributed by atoms with E-state index in [2.05, 4.69) is 31.2 Å². The van der Waals surface area contributed by atoms with Crippen LogP contribution < -0.4 is 0 Å². The molecule has 0 saturated carbocycles. The van der Waals surface area contributed by atoms with Crippen LogP contribution in [-0.4, -0.2) is 0 Å². The zero-order valence-corrected chi connectivity index (χ0v) is 11.1. The van der Waals surface area contributed by atoms with Gasteiger partial charge in [0.25, 0.3) is 0 Å². The van der Waals surface area contributed by atoms with Crippen molar-refractivity contribution in [2.24, 2.45) is 0 Å². The number of benzene rings is 2. The first kappa shape index (κ1) is 12.2. The van der Waals surface area contributed by atoms with Crippen molar-refractivity contribution >= 4 is 11.1 Å². The lowest BCUT2D eigenvalue weighted by molar-refractivity contribution is 0.627. The van der Waals surface area contributed by atoms with Gasteiger partial charge >= 0.3 is 0 Å². The Morgan fingerprint density at radius 3 is 1.74 bits per heavy atom. The molecule has 2 aromatic carbocycles. The fraction of sp³-hybridized carbons (Fsp3) is 0.222. The van der Waals surface area contributed by atoms with E-state index in [0.29, 0.717) is 0 Å². The van der Waals surface area contributed by atoms with E-state index in [1.165, 1.54) is 28.7 Å². The van der Waals surface area contributed by atoms with Crippen LogP contribution in [0.25, 0.3) is 11.1 Å². The predicted octanol–water partition coefficient (Wildman–Crippen LogP) is 5.23. The van der Waals surface area contributed by atoms with Crippen molar-refractivity contribution in [3.63, 3.8) is 0 Å². The summed E-state index contributed by atoms with van der Waals surface area (Å²) in [5, 5.41) is 0. The Kier molecular flexibility index (Phi) is 3.20. The van der Waals surface area contributed by atoms with Gasteiger partial charge in [0.05, 0.1) is 0 Å². The third kappa shape index (κ3) is 2.46. The molecular weight excluding hydrogens is 235 g/mol. The summed E-state index contributed by atoms with van der Waals surface area (Å²) in [5.74, 6) is -0.167. The number of hydrogen-bond acceptors (Lipinski definition) is 0. The number of halogens is 1. The Balaban J connectivity index is 2.04. The average Bonchev–Trinajstić information content (AvgIpc) is 2.90. The third-order valence-electron chi connectivity index (χ3n) is 3.81. The maximum Gasteiger partial charge on any atom is 0.123 e. The first-order valence-corrected chi connectivity index (χ1v) is 6.79. The first-order valence-electron chi connectivity index (χ1n) is 6.79. The topological polar surface area (TPSA) is 0 Å². The molecule has 0 amide bonds. The monoisotopic (exact) mass is 252 g/mol. The van der Waals surface area contributed by atoms with Crippen LogP contribution in [0.1, 0.15) is 36.0 Å². The van der Waals surface area contributed by atoms with Crippen LogP contribution in [0.2, 0.25) is 0 Å². The summed E-state index contributed by atoms with van der Waals surface area (Å²) in [6.07, 6.45) is 3.40. The summed E-state index contributed by atoms with van der Waals surface area (Å²) in [7, 11) is 0. The number of hydrogen-bond donors (Lipinski definition) is 0. The fourth-order valence-corrected chi connectivity index (χ4v) is 2.79. The largest absolute Gasteiger partial charge is 0.207 e. The van der Waals surface area contributed by atoms with E-state index >= 15 is 0 Å². The van der Waals surface area contributed by atoms with Crippen LogP contribution in [-0.2, 0) is 0 Å². The molecule has 0 bridgehead atoms. The smallest absolute Gasteiger partial charge is 0.123 e. The van der Waals surface area contributed by atoms with Crippen molar-refractivity contribution in [1.29, 1.82) is 0 Å². The van der Waals surface area contributed by atoms with E-state index in [0.717, 1.165) is 18.4 Å². The minimum Gasteiger partial charge on any atom is -0.207 e. The van der Waals surface area contributed by atoms with E-state index in [-0.39, 0.29) is 5.82 Å². The maximum atomic E-state index is 13.0.